The Hall–Kier alpha value is -0.910. The highest BCUT2D eigenvalue weighted by Gasteiger charge is 2.53. The van der Waals surface area contributed by atoms with E-state index in [9.17, 15) is 14.2 Å². The molecule has 0 spiro atoms. The minimum absolute atomic E-state index is 0.897. The average molecular weight is 254 g/mol. The average Bonchev–Trinajstić information content (AvgIpc) is 2.13. The molecule has 0 rings (SSSR count). The smallest absolute Gasteiger partial charge is 0.340 e. The summed E-state index contributed by atoms with van der Waals surface area (Å²) in [5.74, 6) is -2.05. The summed E-state index contributed by atoms with van der Waals surface area (Å²) in [5.41, 5.74) is -3.54. The van der Waals surface area contributed by atoms with Crippen LogP contribution in [-0.4, -0.2) is 41.6 Å². The molecule has 0 aliphatic rings. The molecular weight excluding hydrogens is 239 g/mol. The van der Waals surface area contributed by atoms with Crippen molar-refractivity contribution in [3.05, 3.63) is 0 Å². The van der Waals surface area contributed by atoms with Gasteiger partial charge in [-0.25, -0.2) is 0 Å². The van der Waals surface area contributed by atoms with E-state index in [2.05, 4.69) is 9.47 Å². The van der Waals surface area contributed by atoms with Crippen molar-refractivity contribution in [2.24, 2.45) is 5.41 Å². The van der Waals surface area contributed by atoms with Crippen molar-refractivity contribution in [3.8, 4) is 0 Å². The summed E-state index contributed by atoms with van der Waals surface area (Å²) in [7, 11) is -2.76. The number of rotatable bonds is 4. The largest absolute Gasteiger partial charge is 0.469 e. The van der Waals surface area contributed by atoms with Crippen LogP contribution in [0.5, 0.6) is 0 Å². The van der Waals surface area contributed by atoms with E-state index in [0.717, 1.165) is 14.2 Å². The Balaban J connectivity index is 5.45. The first-order chi connectivity index (χ1) is 7.08. The second-order valence-electron chi connectivity index (χ2n) is 3.73. The fourth-order valence-electron chi connectivity index (χ4n) is 1.34. The molecule has 94 valence electrons. The molecule has 0 aromatic carbocycles. The molecule has 0 heterocycles. The first-order valence-electron chi connectivity index (χ1n) is 4.30. The van der Waals surface area contributed by atoms with Crippen LogP contribution in [0.25, 0.3) is 0 Å². The van der Waals surface area contributed by atoms with Gasteiger partial charge in [0.2, 0.25) is 0 Å². The van der Waals surface area contributed by atoms with Crippen LogP contribution in [0.3, 0.4) is 0 Å². The van der Waals surface area contributed by atoms with Crippen LogP contribution in [0.4, 0.5) is 0 Å². The molecular formula is C8H15O7P. The van der Waals surface area contributed by atoms with Crippen molar-refractivity contribution in [1.29, 1.82) is 0 Å². The highest BCUT2D eigenvalue weighted by molar-refractivity contribution is 7.53. The van der Waals surface area contributed by atoms with Gasteiger partial charge in [-0.3, -0.25) is 14.2 Å². The van der Waals surface area contributed by atoms with Crippen molar-refractivity contribution in [2.75, 3.05) is 14.2 Å². The summed E-state index contributed by atoms with van der Waals surface area (Å²) in [6, 6.07) is 0. The van der Waals surface area contributed by atoms with Crippen LogP contribution in [0, 0.1) is 5.41 Å². The van der Waals surface area contributed by atoms with Gasteiger partial charge >= 0.3 is 19.5 Å². The normalized spacial score (nSPS) is 14.1. The minimum atomic E-state index is -4.81. The number of hydrogen-bond donors (Lipinski definition) is 2. The predicted molar refractivity (Wildman–Crippen MR) is 53.6 cm³/mol. The third kappa shape index (κ3) is 3.04. The highest BCUT2D eigenvalue weighted by Crippen LogP contribution is 2.50. The molecule has 0 aromatic heterocycles. The van der Waals surface area contributed by atoms with Gasteiger partial charge in [-0.15, -0.1) is 0 Å². The number of carbonyl (C=O) groups is 2. The van der Waals surface area contributed by atoms with Gasteiger partial charge in [-0.1, -0.05) is 0 Å². The first-order valence-corrected chi connectivity index (χ1v) is 5.98. The lowest BCUT2D eigenvalue weighted by molar-refractivity contribution is -0.157. The zero-order valence-electron chi connectivity index (χ0n) is 9.46. The molecule has 1 atom stereocenters. The fraction of sp³-hybridized carbons (Fsp3) is 0.750. The van der Waals surface area contributed by atoms with Gasteiger partial charge < -0.3 is 19.3 Å². The van der Waals surface area contributed by atoms with Gasteiger partial charge in [0.05, 0.1) is 19.6 Å². The van der Waals surface area contributed by atoms with Crippen molar-refractivity contribution in [3.63, 3.8) is 0 Å². The van der Waals surface area contributed by atoms with Crippen molar-refractivity contribution in [1.82, 2.24) is 0 Å². The van der Waals surface area contributed by atoms with Crippen molar-refractivity contribution < 1.29 is 33.4 Å². The fourth-order valence-corrected chi connectivity index (χ4v) is 2.67. The first kappa shape index (κ1) is 15.1. The van der Waals surface area contributed by atoms with Gasteiger partial charge in [-0.05, 0) is 13.8 Å². The molecule has 16 heavy (non-hydrogen) atoms. The van der Waals surface area contributed by atoms with E-state index in [0.29, 0.717) is 0 Å². The Morgan fingerprint density at radius 1 is 1.19 bits per heavy atom. The van der Waals surface area contributed by atoms with Crippen LogP contribution >= 0.6 is 7.60 Å². The Kier molecular flexibility index (Phi) is 4.67. The van der Waals surface area contributed by atoms with Crippen LogP contribution in [-0.2, 0) is 23.6 Å². The monoisotopic (exact) mass is 254 g/mol. The molecule has 1 unspecified atom stereocenters. The number of ether oxygens (including phenoxy) is 2. The van der Waals surface area contributed by atoms with Gasteiger partial charge in [0.25, 0.3) is 0 Å². The molecule has 7 nitrogen and oxygen atoms in total. The van der Waals surface area contributed by atoms with E-state index in [1.807, 2.05) is 0 Å². The summed E-state index contributed by atoms with van der Waals surface area (Å²) in [4.78, 5) is 40.8. The molecule has 0 aliphatic carbocycles. The number of carbonyl (C=O) groups excluding carboxylic acids is 2. The van der Waals surface area contributed by atoms with Crippen LogP contribution in [0.15, 0.2) is 0 Å². The second kappa shape index (κ2) is 4.95. The Bertz CT molecular complexity index is 329. The summed E-state index contributed by atoms with van der Waals surface area (Å²) >= 11 is 0. The number of hydrogen-bond acceptors (Lipinski definition) is 5. The quantitative estimate of drug-likeness (QED) is 0.532. The number of esters is 2. The van der Waals surface area contributed by atoms with Crippen LogP contribution in [0.1, 0.15) is 13.8 Å². The predicted octanol–water partition coefficient (Wildman–Crippen LogP) is -0.0951. The van der Waals surface area contributed by atoms with Crippen LogP contribution < -0.4 is 0 Å². The van der Waals surface area contributed by atoms with E-state index < -0.39 is 30.6 Å². The van der Waals surface area contributed by atoms with E-state index in [1.54, 1.807) is 0 Å². The molecule has 0 radical (unpaired) electrons. The molecule has 0 saturated carbocycles. The lowest BCUT2D eigenvalue weighted by atomic mass is 9.89. The zero-order chi connectivity index (χ0) is 13.1. The van der Waals surface area contributed by atoms with Gasteiger partial charge in [0.15, 0.2) is 5.66 Å². The number of methoxy groups -OCH3 is 2. The lowest BCUT2D eigenvalue weighted by Crippen LogP contribution is -2.43. The maximum atomic E-state index is 11.4. The molecule has 0 bridgehead atoms. The lowest BCUT2D eigenvalue weighted by Gasteiger charge is -2.29. The van der Waals surface area contributed by atoms with Crippen molar-refractivity contribution >= 4 is 19.5 Å². The molecule has 0 aromatic rings. The van der Waals surface area contributed by atoms with Gasteiger partial charge in [0, 0.05) is 0 Å². The molecule has 0 fully saturated rings. The molecule has 8 heteroatoms. The van der Waals surface area contributed by atoms with Crippen molar-refractivity contribution in [2.45, 2.75) is 19.5 Å². The SMILES string of the molecule is COC(=O)C(C(C)(C)C(=O)OC)P(=O)(O)O. The topological polar surface area (TPSA) is 110 Å². The molecule has 2 N–H and O–H groups in total. The minimum Gasteiger partial charge on any atom is -0.469 e. The van der Waals surface area contributed by atoms with E-state index in [4.69, 9.17) is 9.79 Å². The third-order valence-electron chi connectivity index (χ3n) is 2.16. The van der Waals surface area contributed by atoms with E-state index >= 15 is 0 Å². The second-order valence-corrected chi connectivity index (χ2v) is 5.42. The van der Waals surface area contributed by atoms with Gasteiger partial charge in [-0.2, -0.15) is 0 Å². The third-order valence-corrected chi connectivity index (χ3v) is 3.68. The standard InChI is InChI=1S/C8H15O7P/c1-8(2,7(10)15-4)5(6(9)14-3)16(11,12)13/h5H,1-4H3,(H2,11,12,13). The van der Waals surface area contributed by atoms with E-state index in [-0.39, 0.29) is 0 Å². The van der Waals surface area contributed by atoms with E-state index in [1.165, 1.54) is 13.8 Å². The molecule has 0 saturated heterocycles. The highest BCUT2D eigenvalue weighted by atomic mass is 31.2. The summed E-state index contributed by atoms with van der Waals surface area (Å²) in [6.07, 6.45) is 0. The van der Waals surface area contributed by atoms with Crippen LogP contribution in [0.2, 0.25) is 0 Å². The Morgan fingerprint density at radius 2 is 1.62 bits per heavy atom. The molecule has 0 amide bonds. The Morgan fingerprint density at radius 3 is 1.88 bits per heavy atom. The molecule has 0 aliphatic heterocycles. The van der Waals surface area contributed by atoms with Gasteiger partial charge in [0.1, 0.15) is 0 Å². The maximum Gasteiger partial charge on any atom is 0.340 e. The summed E-state index contributed by atoms with van der Waals surface area (Å²) < 4.78 is 19.9. The zero-order valence-corrected chi connectivity index (χ0v) is 10.4. The maximum absolute atomic E-state index is 11.4. The Labute approximate surface area is 92.9 Å². The summed E-state index contributed by atoms with van der Waals surface area (Å²) in [6.45, 7) is 2.42. The summed E-state index contributed by atoms with van der Waals surface area (Å²) in [5, 5.41) is 0.